The van der Waals surface area contributed by atoms with Gasteiger partial charge in [-0.25, -0.2) is 9.78 Å². The molecule has 1 amide bonds. The lowest BCUT2D eigenvalue weighted by Crippen LogP contribution is -2.54. The summed E-state index contributed by atoms with van der Waals surface area (Å²) in [6.07, 6.45) is -4.20. The summed E-state index contributed by atoms with van der Waals surface area (Å²) in [4.78, 5) is 16.4. The predicted octanol–water partition coefficient (Wildman–Crippen LogP) is 1.62. The number of hydrogen-bond acceptors (Lipinski definition) is 5. The second-order valence-electron chi connectivity index (χ2n) is 5.97. The van der Waals surface area contributed by atoms with Crippen molar-refractivity contribution in [3.8, 4) is 5.88 Å². The normalized spacial score (nSPS) is 23.5. The van der Waals surface area contributed by atoms with Crippen LogP contribution in [0.5, 0.6) is 5.88 Å². The number of carboxylic acid groups (broad SMARTS) is 1. The molecule has 1 fully saturated rings. The van der Waals surface area contributed by atoms with Gasteiger partial charge < -0.3 is 25.8 Å². The Morgan fingerprint density at radius 1 is 1.46 bits per heavy atom. The van der Waals surface area contributed by atoms with Crippen molar-refractivity contribution >= 4 is 17.5 Å². The van der Waals surface area contributed by atoms with E-state index < -0.39 is 24.2 Å². The number of piperidine rings is 1. The lowest BCUT2D eigenvalue weighted by molar-refractivity contribution is -0.177. The largest absolute Gasteiger partial charge is 0.477 e. The fourth-order valence-corrected chi connectivity index (χ4v) is 3.31. The Morgan fingerprint density at radius 3 is 2.88 bits per heavy atom. The number of halogens is 3. The van der Waals surface area contributed by atoms with Crippen LogP contribution in [0.25, 0.3) is 0 Å². The van der Waals surface area contributed by atoms with Gasteiger partial charge in [0.25, 0.3) is 0 Å². The maximum Gasteiger partial charge on any atom is 0.404 e. The first-order valence-corrected chi connectivity index (χ1v) is 7.47. The first-order valence-electron chi connectivity index (χ1n) is 7.47. The average molecular weight is 346 g/mol. The zero-order valence-corrected chi connectivity index (χ0v) is 12.6. The van der Waals surface area contributed by atoms with E-state index in [2.05, 4.69) is 10.3 Å². The Balaban J connectivity index is 1.94. The molecule has 0 aromatic carbocycles. The standard InChI is InChI=1S/C14H17F3N4O3/c15-14(16,17)7-3-8(20-13(22)23)6-21(5-7)11-9-1-2-24-12(9)19-4-10(11)18/h4,7-8,20H,1-3,5-6,18H2,(H,22,23). The third-order valence-electron chi connectivity index (χ3n) is 4.29. The van der Waals surface area contributed by atoms with Gasteiger partial charge in [0.2, 0.25) is 5.88 Å². The van der Waals surface area contributed by atoms with Gasteiger partial charge in [-0.2, -0.15) is 13.2 Å². The number of anilines is 2. The molecule has 0 saturated carbocycles. The van der Waals surface area contributed by atoms with Gasteiger partial charge in [-0.15, -0.1) is 0 Å². The molecule has 0 bridgehead atoms. The molecule has 2 unspecified atom stereocenters. The van der Waals surface area contributed by atoms with Gasteiger partial charge in [0.15, 0.2) is 0 Å². The highest BCUT2D eigenvalue weighted by molar-refractivity contribution is 5.74. The monoisotopic (exact) mass is 346 g/mol. The topological polar surface area (TPSA) is 101 Å². The number of alkyl halides is 3. The lowest BCUT2D eigenvalue weighted by atomic mass is 9.92. The molecule has 2 atom stereocenters. The fourth-order valence-electron chi connectivity index (χ4n) is 3.31. The quantitative estimate of drug-likeness (QED) is 0.752. The molecule has 2 aliphatic rings. The summed E-state index contributed by atoms with van der Waals surface area (Å²) in [6.45, 7) is 0.230. The van der Waals surface area contributed by atoms with E-state index in [1.165, 1.54) is 11.1 Å². The van der Waals surface area contributed by atoms with E-state index in [0.29, 0.717) is 30.2 Å². The van der Waals surface area contributed by atoms with E-state index >= 15 is 0 Å². The zero-order valence-electron chi connectivity index (χ0n) is 12.6. The molecule has 132 valence electrons. The predicted molar refractivity (Wildman–Crippen MR) is 79.2 cm³/mol. The van der Waals surface area contributed by atoms with Gasteiger partial charge in [0.1, 0.15) is 0 Å². The van der Waals surface area contributed by atoms with E-state index in [9.17, 15) is 18.0 Å². The summed E-state index contributed by atoms with van der Waals surface area (Å²) in [5, 5.41) is 11.0. The van der Waals surface area contributed by atoms with Gasteiger partial charge >= 0.3 is 12.3 Å². The number of hydrogen-bond donors (Lipinski definition) is 3. The van der Waals surface area contributed by atoms with Crippen molar-refractivity contribution in [2.75, 3.05) is 30.3 Å². The first kappa shape index (κ1) is 16.5. The highest BCUT2D eigenvalue weighted by Gasteiger charge is 2.45. The van der Waals surface area contributed by atoms with Crippen molar-refractivity contribution in [1.82, 2.24) is 10.3 Å². The van der Waals surface area contributed by atoms with Crippen LogP contribution < -0.4 is 20.7 Å². The number of nitrogens with two attached hydrogens (primary N) is 1. The Labute approximate surface area is 135 Å². The first-order chi connectivity index (χ1) is 11.3. The molecule has 3 rings (SSSR count). The molecule has 24 heavy (non-hydrogen) atoms. The van der Waals surface area contributed by atoms with Crippen molar-refractivity contribution in [3.05, 3.63) is 11.8 Å². The summed E-state index contributed by atoms with van der Waals surface area (Å²) in [7, 11) is 0. The van der Waals surface area contributed by atoms with E-state index in [1.54, 1.807) is 0 Å². The maximum atomic E-state index is 13.2. The van der Waals surface area contributed by atoms with Crippen LogP contribution in [-0.2, 0) is 6.42 Å². The summed E-state index contributed by atoms with van der Waals surface area (Å²) >= 11 is 0. The highest BCUT2D eigenvalue weighted by Crippen LogP contribution is 2.41. The fraction of sp³-hybridized carbons (Fsp3) is 0.571. The molecule has 1 aromatic heterocycles. The molecule has 7 nitrogen and oxygen atoms in total. The smallest absolute Gasteiger partial charge is 0.404 e. The Kier molecular flexibility index (Phi) is 4.06. The number of nitrogens with one attached hydrogen (secondary N) is 1. The molecule has 10 heteroatoms. The van der Waals surface area contributed by atoms with Crippen LogP contribution >= 0.6 is 0 Å². The van der Waals surface area contributed by atoms with Crippen LogP contribution in [0.2, 0.25) is 0 Å². The second kappa shape index (κ2) is 5.91. The van der Waals surface area contributed by atoms with Crippen molar-refractivity contribution in [2.45, 2.75) is 25.1 Å². The molecular formula is C14H17F3N4O3. The van der Waals surface area contributed by atoms with E-state index in [1.807, 2.05) is 0 Å². The van der Waals surface area contributed by atoms with Gasteiger partial charge in [0, 0.05) is 25.1 Å². The zero-order chi connectivity index (χ0) is 17.5. The van der Waals surface area contributed by atoms with Crippen molar-refractivity contribution in [3.63, 3.8) is 0 Å². The van der Waals surface area contributed by atoms with E-state index in [0.717, 1.165) is 0 Å². The van der Waals surface area contributed by atoms with Crippen LogP contribution in [0.1, 0.15) is 12.0 Å². The minimum absolute atomic E-state index is 0.111. The minimum atomic E-state index is -4.42. The maximum absolute atomic E-state index is 13.2. The molecule has 0 radical (unpaired) electrons. The van der Waals surface area contributed by atoms with Crippen molar-refractivity contribution < 1.29 is 27.8 Å². The summed E-state index contributed by atoms with van der Waals surface area (Å²) in [6, 6.07) is -0.839. The van der Waals surface area contributed by atoms with E-state index in [-0.39, 0.29) is 25.2 Å². The number of carbonyl (C=O) groups is 1. The Morgan fingerprint density at radius 2 is 2.21 bits per heavy atom. The third-order valence-corrected chi connectivity index (χ3v) is 4.29. The summed E-state index contributed by atoms with van der Waals surface area (Å²) in [5.74, 6) is -1.27. The number of nitrogen functional groups attached to an aromatic ring is 1. The number of ether oxygens (including phenoxy) is 1. The SMILES string of the molecule is Nc1cnc2c(c1N1CC(NC(=O)O)CC(C(F)(F)F)C1)CCO2. The van der Waals surface area contributed by atoms with Crippen molar-refractivity contribution in [2.24, 2.45) is 5.92 Å². The molecule has 2 aliphatic heterocycles. The number of rotatable bonds is 2. The molecule has 1 aromatic rings. The van der Waals surface area contributed by atoms with Gasteiger partial charge in [0.05, 0.1) is 36.1 Å². The molecule has 0 aliphatic carbocycles. The van der Waals surface area contributed by atoms with E-state index in [4.69, 9.17) is 15.6 Å². The van der Waals surface area contributed by atoms with Gasteiger partial charge in [-0.05, 0) is 6.42 Å². The third kappa shape index (κ3) is 3.13. The van der Waals surface area contributed by atoms with Crippen LogP contribution in [0.3, 0.4) is 0 Å². The number of pyridine rings is 1. The Hall–Kier alpha value is -2.39. The van der Waals surface area contributed by atoms with Crippen LogP contribution in [0.4, 0.5) is 29.3 Å². The molecule has 3 heterocycles. The average Bonchev–Trinajstić information content (AvgIpc) is 2.93. The van der Waals surface area contributed by atoms with Crippen LogP contribution in [0.15, 0.2) is 6.20 Å². The highest BCUT2D eigenvalue weighted by atomic mass is 19.4. The second-order valence-corrected chi connectivity index (χ2v) is 5.97. The van der Waals surface area contributed by atoms with Crippen molar-refractivity contribution in [1.29, 1.82) is 0 Å². The van der Waals surface area contributed by atoms with Crippen LogP contribution in [-0.4, -0.2) is 48.1 Å². The number of fused-ring (bicyclic) bond motifs is 1. The van der Waals surface area contributed by atoms with Gasteiger partial charge in [-0.3, -0.25) is 0 Å². The summed E-state index contributed by atoms with van der Waals surface area (Å²) < 4.78 is 45.1. The minimum Gasteiger partial charge on any atom is -0.477 e. The molecule has 0 spiro atoms. The molecule has 4 N–H and O–H groups in total. The summed E-state index contributed by atoms with van der Waals surface area (Å²) in [5.41, 5.74) is 7.34. The Bertz CT molecular complexity index is 653. The van der Waals surface area contributed by atoms with Gasteiger partial charge in [-0.1, -0.05) is 0 Å². The van der Waals surface area contributed by atoms with Crippen LogP contribution in [0, 0.1) is 5.92 Å². The number of amides is 1. The molecular weight excluding hydrogens is 329 g/mol. The number of nitrogens with zero attached hydrogens (tertiary/aromatic N) is 2. The molecule has 1 saturated heterocycles. The lowest BCUT2D eigenvalue weighted by Gasteiger charge is -2.40. The number of aromatic nitrogens is 1.